The number of thioether (sulfide) groups is 1. The second-order valence-electron chi connectivity index (χ2n) is 4.67. The van der Waals surface area contributed by atoms with Crippen LogP contribution in [0.15, 0.2) is 69.5 Å². The Morgan fingerprint density at radius 2 is 1.72 bits per heavy atom. The summed E-state index contributed by atoms with van der Waals surface area (Å²) in [5.74, 6) is 3.47. The lowest BCUT2D eigenvalue weighted by atomic mass is 10.3. The molecule has 0 aliphatic rings. The molecule has 0 fully saturated rings. The second kappa shape index (κ2) is 8.59. The van der Waals surface area contributed by atoms with Gasteiger partial charge in [0, 0.05) is 4.90 Å². The van der Waals surface area contributed by atoms with Gasteiger partial charge in [0.15, 0.2) is 9.80 Å². The van der Waals surface area contributed by atoms with Crippen LogP contribution in [0.3, 0.4) is 0 Å². The maximum Gasteiger partial charge on any atom is 0.367 e. The molecule has 6 nitrogen and oxygen atoms in total. The molecule has 8 heteroatoms. The molecule has 0 aliphatic carbocycles. The van der Waals surface area contributed by atoms with Gasteiger partial charge in [0.2, 0.25) is 5.04 Å². The topological polar surface area (TPSA) is 74.2 Å². The molecule has 0 N–H and O–H groups in total. The Kier molecular flexibility index (Phi) is 6.49. The highest BCUT2D eigenvalue weighted by Gasteiger charge is 2.17. The van der Waals surface area contributed by atoms with Crippen molar-refractivity contribution in [2.24, 2.45) is 5.16 Å². The van der Waals surface area contributed by atoms with Crippen LogP contribution in [0.4, 0.5) is 0 Å². The zero-order chi connectivity index (χ0) is 18.3. The zero-order valence-corrected chi connectivity index (χ0v) is 15.3. The molecule has 0 aliphatic heterocycles. The summed E-state index contributed by atoms with van der Waals surface area (Å²) in [6.45, 7) is 0. The molecule has 0 amide bonds. The summed E-state index contributed by atoms with van der Waals surface area (Å²) in [5.41, 5.74) is 0. The Bertz CT molecular complexity index is 846. The van der Waals surface area contributed by atoms with Crippen molar-refractivity contribution < 1.29 is 22.8 Å². The van der Waals surface area contributed by atoms with E-state index in [2.05, 4.69) is 15.8 Å². The van der Waals surface area contributed by atoms with E-state index in [1.807, 2.05) is 18.2 Å². The minimum absolute atomic E-state index is 0.0846. The summed E-state index contributed by atoms with van der Waals surface area (Å²) in [6, 6.07) is 15.5. The molecule has 132 valence electrons. The molecule has 2 aromatic carbocycles. The van der Waals surface area contributed by atoms with Gasteiger partial charge in [-0.25, -0.2) is 9.00 Å². The predicted octanol–water partition coefficient (Wildman–Crippen LogP) is 2.98. The number of benzene rings is 2. The summed E-state index contributed by atoms with van der Waals surface area (Å²) in [4.78, 5) is 13.0. The van der Waals surface area contributed by atoms with Crippen molar-refractivity contribution in [1.29, 1.82) is 0 Å². The highest BCUT2D eigenvalue weighted by molar-refractivity contribution is 8.15. The number of carbonyl (C=O) groups is 1. The highest BCUT2D eigenvalue weighted by Crippen LogP contribution is 2.22. The molecule has 0 spiro atoms. The number of esters is 1. The summed E-state index contributed by atoms with van der Waals surface area (Å²) in [5, 5.41) is 3.63. The third kappa shape index (κ3) is 5.27. The molecule has 2 aromatic rings. The maximum absolute atomic E-state index is 12.6. The molecule has 1 unspecified atom stereocenters. The van der Waals surface area contributed by atoms with Gasteiger partial charge in [-0.15, -0.1) is 0 Å². The van der Waals surface area contributed by atoms with Crippen molar-refractivity contribution in [2.45, 2.75) is 9.79 Å². The SMILES string of the molecule is C=S(=O)(O/N=C(\Sc1ccccc1)C(=O)OC)c1ccc(OC)cc1. The maximum atomic E-state index is 12.6. The van der Waals surface area contributed by atoms with Crippen molar-refractivity contribution in [1.82, 2.24) is 0 Å². The molecule has 0 heterocycles. The third-order valence-electron chi connectivity index (χ3n) is 2.98. The number of hydrogen-bond donors (Lipinski definition) is 0. The molecular weight excluding hydrogens is 362 g/mol. The average molecular weight is 379 g/mol. The fraction of sp³-hybridized carbons (Fsp3) is 0.118. The predicted molar refractivity (Wildman–Crippen MR) is 99.4 cm³/mol. The zero-order valence-electron chi connectivity index (χ0n) is 13.7. The van der Waals surface area contributed by atoms with Gasteiger partial charge in [-0.05, 0) is 42.3 Å². The van der Waals surface area contributed by atoms with E-state index in [1.165, 1.54) is 14.2 Å². The monoisotopic (exact) mass is 379 g/mol. The molecule has 0 saturated heterocycles. The van der Waals surface area contributed by atoms with Crippen LogP contribution in [0.25, 0.3) is 0 Å². The highest BCUT2D eigenvalue weighted by atomic mass is 32.2. The molecule has 0 radical (unpaired) electrons. The number of oxime groups is 1. The van der Waals surface area contributed by atoms with E-state index >= 15 is 0 Å². The van der Waals surface area contributed by atoms with Gasteiger partial charge in [-0.2, -0.15) is 0 Å². The Morgan fingerprint density at radius 3 is 2.28 bits per heavy atom. The van der Waals surface area contributed by atoms with Crippen LogP contribution in [0, 0.1) is 0 Å². The van der Waals surface area contributed by atoms with Crippen molar-refractivity contribution in [3.8, 4) is 5.75 Å². The minimum Gasteiger partial charge on any atom is -0.497 e. The van der Waals surface area contributed by atoms with Crippen LogP contribution >= 0.6 is 11.8 Å². The average Bonchev–Trinajstić information content (AvgIpc) is 2.65. The lowest BCUT2D eigenvalue weighted by Gasteiger charge is -2.09. The first-order valence-electron chi connectivity index (χ1n) is 7.05. The first-order chi connectivity index (χ1) is 12.0. The van der Waals surface area contributed by atoms with Gasteiger partial charge >= 0.3 is 5.97 Å². The van der Waals surface area contributed by atoms with Gasteiger partial charge in [-0.1, -0.05) is 35.1 Å². The normalized spacial score (nSPS) is 13.6. The largest absolute Gasteiger partial charge is 0.497 e. The van der Waals surface area contributed by atoms with E-state index in [-0.39, 0.29) is 5.04 Å². The van der Waals surface area contributed by atoms with E-state index in [4.69, 9.17) is 9.02 Å². The van der Waals surface area contributed by atoms with E-state index in [0.29, 0.717) is 10.6 Å². The van der Waals surface area contributed by atoms with Crippen molar-refractivity contribution in [3.63, 3.8) is 0 Å². The lowest BCUT2D eigenvalue weighted by Crippen LogP contribution is -2.14. The summed E-state index contributed by atoms with van der Waals surface area (Å²) in [6.07, 6.45) is 0. The van der Waals surface area contributed by atoms with E-state index < -0.39 is 15.8 Å². The number of methoxy groups -OCH3 is 2. The van der Waals surface area contributed by atoms with Crippen LogP contribution in [0.2, 0.25) is 0 Å². The van der Waals surface area contributed by atoms with E-state index in [0.717, 1.165) is 16.7 Å². The van der Waals surface area contributed by atoms with Gasteiger partial charge in [0.25, 0.3) is 0 Å². The Hall–Kier alpha value is -2.45. The van der Waals surface area contributed by atoms with Crippen molar-refractivity contribution >= 4 is 38.4 Å². The van der Waals surface area contributed by atoms with Gasteiger partial charge in [-0.3, -0.25) is 4.28 Å². The first-order valence-corrected chi connectivity index (χ1v) is 9.52. The number of carbonyl (C=O) groups excluding carboxylic acids is 1. The van der Waals surface area contributed by atoms with Gasteiger partial charge in [0.05, 0.1) is 19.1 Å². The molecule has 0 bridgehead atoms. The van der Waals surface area contributed by atoms with Crippen LogP contribution in [0.1, 0.15) is 0 Å². The molecular formula is C17H17NO5S2. The minimum atomic E-state index is -3.18. The Morgan fingerprint density at radius 1 is 1.08 bits per heavy atom. The smallest absolute Gasteiger partial charge is 0.367 e. The fourth-order valence-corrected chi connectivity index (χ4v) is 3.34. The Labute approximate surface area is 151 Å². The van der Waals surface area contributed by atoms with Crippen molar-refractivity contribution in [3.05, 3.63) is 54.6 Å². The third-order valence-corrected chi connectivity index (χ3v) is 5.23. The standard InChI is InChI=1S/C17H17NO5S2/c1-21-13-9-11-15(12-10-13)25(3,20)23-18-16(17(19)22-2)24-14-7-5-4-6-8-14/h4-12H,3H2,1-2H3/b18-16-. The van der Waals surface area contributed by atoms with E-state index in [9.17, 15) is 9.00 Å². The first kappa shape index (κ1) is 18.9. The molecule has 0 aromatic heterocycles. The lowest BCUT2D eigenvalue weighted by molar-refractivity contribution is -0.132. The number of hydrogen-bond acceptors (Lipinski definition) is 7. The van der Waals surface area contributed by atoms with Gasteiger partial charge in [0.1, 0.15) is 5.75 Å². The molecule has 1 atom stereocenters. The van der Waals surface area contributed by atoms with Crippen LogP contribution in [0.5, 0.6) is 5.75 Å². The number of rotatable bonds is 5. The quantitative estimate of drug-likeness (QED) is 0.199. The van der Waals surface area contributed by atoms with E-state index in [1.54, 1.807) is 36.4 Å². The van der Waals surface area contributed by atoms with Crippen molar-refractivity contribution in [2.75, 3.05) is 14.2 Å². The summed E-state index contributed by atoms with van der Waals surface area (Å²) < 4.78 is 27.4. The Balaban J connectivity index is 2.22. The molecule has 0 saturated carbocycles. The van der Waals surface area contributed by atoms with Gasteiger partial charge < -0.3 is 9.47 Å². The second-order valence-corrected chi connectivity index (χ2v) is 7.58. The number of ether oxygens (including phenoxy) is 2. The number of nitrogens with zero attached hydrogens (tertiary/aromatic N) is 1. The van der Waals surface area contributed by atoms with Crippen LogP contribution < -0.4 is 4.74 Å². The fourth-order valence-electron chi connectivity index (χ4n) is 1.71. The van der Waals surface area contributed by atoms with Crippen LogP contribution in [-0.2, 0) is 23.6 Å². The summed E-state index contributed by atoms with van der Waals surface area (Å²) in [7, 11) is -0.419. The molecule has 2 rings (SSSR count). The summed E-state index contributed by atoms with van der Waals surface area (Å²) >= 11 is 1.04. The molecule has 25 heavy (non-hydrogen) atoms. The van der Waals surface area contributed by atoms with Crippen LogP contribution in [-0.4, -0.2) is 35.3 Å².